The van der Waals surface area contributed by atoms with Gasteiger partial charge in [0, 0.05) is 6.20 Å². The average Bonchev–Trinajstić information content (AvgIpc) is 2.85. The van der Waals surface area contributed by atoms with E-state index < -0.39 is 0 Å². The molecular weight excluding hydrogens is 250 g/mol. The van der Waals surface area contributed by atoms with Crippen LogP contribution in [-0.4, -0.2) is 20.0 Å². The van der Waals surface area contributed by atoms with Gasteiger partial charge in [-0.15, -0.1) is 5.10 Å². The molecular formula is C15H15N5. The van der Waals surface area contributed by atoms with Gasteiger partial charge in [0.15, 0.2) is 11.5 Å². The first-order valence-electron chi connectivity index (χ1n) is 6.37. The van der Waals surface area contributed by atoms with Gasteiger partial charge >= 0.3 is 0 Å². The highest BCUT2D eigenvalue weighted by molar-refractivity contribution is 5.68. The molecule has 0 aliphatic rings. The number of nitrogens with zero attached hydrogens (tertiary/aromatic N) is 4. The summed E-state index contributed by atoms with van der Waals surface area (Å²) in [6, 6.07) is 11.7. The number of nitrogens with two attached hydrogens (primary N) is 1. The quantitative estimate of drug-likeness (QED) is 0.773. The van der Waals surface area contributed by atoms with Crippen LogP contribution in [0, 0.1) is 13.8 Å². The molecule has 0 radical (unpaired) electrons. The number of nitrogen functional groups attached to an aromatic ring is 1. The summed E-state index contributed by atoms with van der Waals surface area (Å²) in [5.41, 5.74) is 10.8. The Balaban J connectivity index is 2.14. The van der Waals surface area contributed by atoms with Crippen molar-refractivity contribution in [3.05, 3.63) is 53.7 Å². The van der Waals surface area contributed by atoms with Gasteiger partial charge in [-0.3, -0.25) is 4.98 Å². The van der Waals surface area contributed by atoms with Crippen LogP contribution < -0.4 is 5.73 Å². The highest BCUT2D eigenvalue weighted by Gasteiger charge is 2.15. The molecule has 0 spiro atoms. The standard InChI is InChI=1S/C15H15N5/c1-10-6-5-8-13(11(10)2)20-15(16)14(18-19-20)12-7-3-4-9-17-12/h3-9H,16H2,1-2H3. The number of anilines is 1. The second-order valence-electron chi connectivity index (χ2n) is 4.67. The molecule has 0 amide bonds. The van der Waals surface area contributed by atoms with Crippen LogP contribution in [0.5, 0.6) is 0 Å². The molecule has 5 nitrogen and oxygen atoms in total. The van der Waals surface area contributed by atoms with E-state index in [2.05, 4.69) is 28.3 Å². The molecule has 0 fully saturated rings. The van der Waals surface area contributed by atoms with Crippen molar-refractivity contribution >= 4 is 5.82 Å². The molecule has 2 heterocycles. The molecule has 0 atom stereocenters. The Kier molecular flexibility index (Phi) is 2.95. The minimum Gasteiger partial charge on any atom is -0.382 e. The predicted molar refractivity (Wildman–Crippen MR) is 78.5 cm³/mol. The molecule has 100 valence electrons. The maximum atomic E-state index is 6.18. The number of pyridine rings is 1. The first-order valence-corrected chi connectivity index (χ1v) is 6.37. The average molecular weight is 265 g/mol. The number of hydrogen-bond donors (Lipinski definition) is 1. The van der Waals surface area contributed by atoms with Crippen LogP contribution in [0.1, 0.15) is 11.1 Å². The fourth-order valence-electron chi connectivity index (χ4n) is 2.12. The molecule has 0 saturated carbocycles. The highest BCUT2D eigenvalue weighted by Crippen LogP contribution is 2.25. The zero-order valence-electron chi connectivity index (χ0n) is 11.4. The van der Waals surface area contributed by atoms with Crippen molar-refractivity contribution in [1.29, 1.82) is 0 Å². The van der Waals surface area contributed by atoms with Crippen molar-refractivity contribution in [1.82, 2.24) is 20.0 Å². The zero-order chi connectivity index (χ0) is 14.1. The number of benzene rings is 1. The molecule has 2 aromatic heterocycles. The van der Waals surface area contributed by atoms with Crippen molar-refractivity contribution in [3.63, 3.8) is 0 Å². The van der Waals surface area contributed by atoms with Gasteiger partial charge in [0.25, 0.3) is 0 Å². The zero-order valence-corrected chi connectivity index (χ0v) is 11.4. The minimum absolute atomic E-state index is 0.498. The van der Waals surface area contributed by atoms with Crippen LogP contribution in [0.4, 0.5) is 5.82 Å². The lowest BCUT2D eigenvalue weighted by atomic mass is 10.1. The molecule has 3 aromatic rings. The third-order valence-electron chi connectivity index (χ3n) is 3.42. The van der Waals surface area contributed by atoms with Gasteiger partial charge in [0.2, 0.25) is 0 Å². The van der Waals surface area contributed by atoms with E-state index >= 15 is 0 Å². The summed E-state index contributed by atoms with van der Waals surface area (Å²) in [7, 11) is 0. The topological polar surface area (TPSA) is 69.6 Å². The Labute approximate surface area is 117 Å². The summed E-state index contributed by atoms with van der Waals surface area (Å²) < 4.78 is 1.66. The minimum atomic E-state index is 0.498. The van der Waals surface area contributed by atoms with Crippen LogP contribution in [0.3, 0.4) is 0 Å². The molecule has 0 aliphatic heterocycles. The van der Waals surface area contributed by atoms with Crippen molar-refractivity contribution < 1.29 is 0 Å². The van der Waals surface area contributed by atoms with Gasteiger partial charge in [0.1, 0.15) is 0 Å². The van der Waals surface area contributed by atoms with E-state index in [9.17, 15) is 0 Å². The van der Waals surface area contributed by atoms with Crippen molar-refractivity contribution in [2.24, 2.45) is 0 Å². The van der Waals surface area contributed by atoms with Gasteiger partial charge in [-0.1, -0.05) is 23.4 Å². The van der Waals surface area contributed by atoms with E-state index in [1.807, 2.05) is 37.3 Å². The normalized spacial score (nSPS) is 10.7. The van der Waals surface area contributed by atoms with Crippen molar-refractivity contribution in [2.45, 2.75) is 13.8 Å². The van der Waals surface area contributed by atoms with Crippen LogP contribution in [0.2, 0.25) is 0 Å². The van der Waals surface area contributed by atoms with Crippen LogP contribution in [0.25, 0.3) is 17.1 Å². The maximum Gasteiger partial charge on any atom is 0.157 e. The second kappa shape index (κ2) is 4.77. The summed E-state index contributed by atoms with van der Waals surface area (Å²) >= 11 is 0. The fraction of sp³-hybridized carbons (Fsp3) is 0.133. The molecule has 20 heavy (non-hydrogen) atoms. The Hall–Kier alpha value is -2.69. The summed E-state index contributed by atoms with van der Waals surface area (Å²) in [5.74, 6) is 0.498. The predicted octanol–water partition coefficient (Wildman–Crippen LogP) is 2.53. The van der Waals surface area contributed by atoms with E-state index in [0.717, 1.165) is 16.9 Å². The molecule has 5 heteroatoms. The lowest BCUT2D eigenvalue weighted by Gasteiger charge is -2.09. The number of hydrogen-bond acceptors (Lipinski definition) is 4. The molecule has 0 saturated heterocycles. The monoisotopic (exact) mass is 265 g/mol. The van der Waals surface area contributed by atoms with Gasteiger partial charge in [-0.05, 0) is 43.2 Å². The molecule has 0 bridgehead atoms. The van der Waals surface area contributed by atoms with Crippen LogP contribution in [-0.2, 0) is 0 Å². The maximum absolute atomic E-state index is 6.18. The lowest BCUT2D eigenvalue weighted by Crippen LogP contribution is -2.05. The number of aromatic nitrogens is 4. The lowest BCUT2D eigenvalue weighted by molar-refractivity contribution is 0.804. The van der Waals surface area contributed by atoms with Gasteiger partial charge in [-0.2, -0.15) is 4.68 Å². The van der Waals surface area contributed by atoms with E-state index in [1.165, 1.54) is 5.56 Å². The molecule has 3 rings (SSSR count). The molecule has 0 unspecified atom stereocenters. The summed E-state index contributed by atoms with van der Waals surface area (Å²) in [6.45, 7) is 4.11. The van der Waals surface area contributed by atoms with Gasteiger partial charge in [-0.25, -0.2) is 0 Å². The third kappa shape index (κ3) is 1.93. The van der Waals surface area contributed by atoms with Crippen LogP contribution in [0.15, 0.2) is 42.6 Å². The van der Waals surface area contributed by atoms with Gasteiger partial charge < -0.3 is 5.73 Å². The molecule has 1 aromatic carbocycles. The number of rotatable bonds is 2. The Morgan fingerprint density at radius 3 is 2.65 bits per heavy atom. The van der Waals surface area contributed by atoms with E-state index in [0.29, 0.717) is 11.5 Å². The Bertz CT molecular complexity index is 746. The van der Waals surface area contributed by atoms with Crippen molar-refractivity contribution in [2.75, 3.05) is 5.73 Å². The Morgan fingerprint density at radius 1 is 1.05 bits per heavy atom. The van der Waals surface area contributed by atoms with Crippen molar-refractivity contribution in [3.8, 4) is 17.1 Å². The van der Waals surface area contributed by atoms with E-state index in [-0.39, 0.29) is 0 Å². The summed E-state index contributed by atoms with van der Waals surface area (Å²) in [6.07, 6.45) is 1.71. The first-order chi connectivity index (χ1) is 9.68. The summed E-state index contributed by atoms with van der Waals surface area (Å²) in [4.78, 5) is 4.26. The smallest absolute Gasteiger partial charge is 0.157 e. The first kappa shape index (κ1) is 12.3. The highest BCUT2D eigenvalue weighted by atomic mass is 15.5. The van der Waals surface area contributed by atoms with Gasteiger partial charge in [0.05, 0.1) is 11.4 Å². The fourth-order valence-corrected chi connectivity index (χ4v) is 2.12. The van der Waals surface area contributed by atoms with E-state index in [1.54, 1.807) is 10.9 Å². The molecule has 0 aliphatic carbocycles. The second-order valence-corrected chi connectivity index (χ2v) is 4.67. The SMILES string of the molecule is Cc1cccc(-n2nnc(-c3ccccn3)c2N)c1C. The summed E-state index contributed by atoms with van der Waals surface area (Å²) in [5, 5.41) is 8.32. The largest absolute Gasteiger partial charge is 0.382 e. The molecule has 2 N–H and O–H groups in total. The Morgan fingerprint density at radius 2 is 1.90 bits per heavy atom. The van der Waals surface area contributed by atoms with E-state index in [4.69, 9.17) is 5.73 Å². The van der Waals surface area contributed by atoms with Crippen LogP contribution >= 0.6 is 0 Å². The third-order valence-corrected chi connectivity index (χ3v) is 3.42. The number of aryl methyl sites for hydroxylation is 1.